The predicted octanol–water partition coefficient (Wildman–Crippen LogP) is 5.48. The number of nitrogens with zero attached hydrogens (tertiary/aromatic N) is 1. The number of methoxy groups -OCH3 is 1. The van der Waals surface area contributed by atoms with Gasteiger partial charge in [0.2, 0.25) is 0 Å². The molecule has 0 aromatic heterocycles. The van der Waals surface area contributed by atoms with E-state index in [-0.39, 0.29) is 28.5 Å². The minimum absolute atomic E-state index is 0.0121. The van der Waals surface area contributed by atoms with Crippen molar-refractivity contribution in [2.75, 3.05) is 12.4 Å². The van der Waals surface area contributed by atoms with Gasteiger partial charge in [-0.2, -0.15) is 5.26 Å². The molecule has 0 aliphatic rings. The van der Waals surface area contributed by atoms with Crippen molar-refractivity contribution in [3.8, 4) is 17.6 Å². The molecule has 0 saturated carbocycles. The van der Waals surface area contributed by atoms with Crippen LogP contribution in [-0.4, -0.2) is 24.1 Å². The van der Waals surface area contributed by atoms with Crippen molar-refractivity contribution in [3.63, 3.8) is 0 Å². The van der Waals surface area contributed by atoms with Gasteiger partial charge in [-0.3, -0.25) is 4.79 Å². The van der Waals surface area contributed by atoms with Crippen LogP contribution in [0.4, 0.5) is 5.69 Å². The number of aromatic carboxylic acids is 1. The first-order valence-corrected chi connectivity index (χ1v) is 10.5. The minimum atomic E-state index is -1.13. The lowest BCUT2D eigenvalue weighted by Crippen LogP contribution is -2.14. The topological polar surface area (TPSA) is 109 Å². The zero-order chi connectivity index (χ0) is 24.7. The lowest BCUT2D eigenvalue weighted by atomic mass is 10.1. The van der Waals surface area contributed by atoms with E-state index in [4.69, 9.17) is 26.2 Å². The molecule has 0 aliphatic carbocycles. The van der Waals surface area contributed by atoms with Crippen molar-refractivity contribution in [1.29, 1.82) is 5.26 Å². The molecular weight excluding hydrogens is 456 g/mol. The van der Waals surface area contributed by atoms with E-state index in [9.17, 15) is 14.9 Å². The fraction of sp³-hybridized carbons (Fsp3) is 0.115. The van der Waals surface area contributed by atoms with Gasteiger partial charge in [-0.05, 0) is 54.5 Å². The van der Waals surface area contributed by atoms with Crippen molar-refractivity contribution in [1.82, 2.24) is 0 Å². The Hall–Kier alpha value is -4.28. The molecule has 1 amide bonds. The highest BCUT2D eigenvalue weighted by Gasteiger charge is 2.15. The summed E-state index contributed by atoms with van der Waals surface area (Å²) in [7, 11) is 1.46. The van der Waals surface area contributed by atoms with Crippen LogP contribution in [0.3, 0.4) is 0 Å². The van der Waals surface area contributed by atoms with Crippen molar-refractivity contribution in [2.24, 2.45) is 0 Å². The average Bonchev–Trinajstić information content (AvgIpc) is 2.82. The molecule has 0 atom stereocenters. The maximum absolute atomic E-state index is 12.6. The van der Waals surface area contributed by atoms with Gasteiger partial charge in [-0.25, -0.2) is 4.79 Å². The number of amides is 1. The molecule has 0 aliphatic heterocycles. The standard InChI is InChI=1S/C26H21ClN2O5/c1-16-6-8-17(9-7-16)15-34-24-22(27)11-18(12-23(24)33-2)10-20(14-28)25(30)29-21-5-3-4-19(13-21)26(31)32/h3-13H,15H2,1-2H3,(H,29,30)(H,31,32). The molecule has 34 heavy (non-hydrogen) atoms. The molecule has 0 spiro atoms. The largest absolute Gasteiger partial charge is 0.493 e. The molecule has 0 unspecified atom stereocenters. The number of carbonyl (C=O) groups excluding carboxylic acids is 1. The van der Waals surface area contributed by atoms with Crippen molar-refractivity contribution >= 4 is 35.2 Å². The number of hydrogen-bond acceptors (Lipinski definition) is 5. The highest BCUT2D eigenvalue weighted by atomic mass is 35.5. The van der Waals surface area contributed by atoms with E-state index in [0.717, 1.165) is 11.1 Å². The van der Waals surface area contributed by atoms with Crippen LogP contribution >= 0.6 is 11.6 Å². The van der Waals surface area contributed by atoms with Crippen LogP contribution in [0.5, 0.6) is 11.5 Å². The summed E-state index contributed by atoms with van der Waals surface area (Å²) in [5, 5.41) is 21.4. The zero-order valence-corrected chi connectivity index (χ0v) is 19.2. The van der Waals surface area contributed by atoms with E-state index in [1.54, 1.807) is 12.1 Å². The molecule has 3 rings (SSSR count). The maximum Gasteiger partial charge on any atom is 0.335 e. The van der Waals surface area contributed by atoms with E-state index in [1.165, 1.54) is 37.5 Å². The molecule has 0 saturated heterocycles. The summed E-state index contributed by atoms with van der Waals surface area (Å²) in [5.74, 6) is -1.13. The molecule has 7 nitrogen and oxygen atoms in total. The summed E-state index contributed by atoms with van der Waals surface area (Å²) < 4.78 is 11.3. The Balaban J connectivity index is 1.81. The molecule has 3 aromatic rings. The van der Waals surface area contributed by atoms with Crippen LogP contribution in [0.1, 0.15) is 27.0 Å². The van der Waals surface area contributed by atoms with Gasteiger partial charge in [0.1, 0.15) is 18.2 Å². The number of ether oxygens (including phenoxy) is 2. The number of carboxylic acids is 1. The van der Waals surface area contributed by atoms with E-state index in [2.05, 4.69) is 5.32 Å². The fourth-order valence-electron chi connectivity index (χ4n) is 3.05. The van der Waals surface area contributed by atoms with Gasteiger partial charge in [0.05, 0.1) is 17.7 Å². The lowest BCUT2D eigenvalue weighted by Gasteiger charge is -2.14. The molecule has 3 aromatic carbocycles. The first kappa shape index (κ1) is 24.4. The number of hydrogen-bond donors (Lipinski definition) is 2. The Labute approximate surface area is 201 Å². The molecular formula is C26H21ClN2O5. The van der Waals surface area contributed by atoms with E-state index < -0.39 is 11.9 Å². The summed E-state index contributed by atoms with van der Waals surface area (Å²) in [6, 6.07) is 18.6. The third-order valence-corrected chi connectivity index (χ3v) is 5.08. The highest BCUT2D eigenvalue weighted by molar-refractivity contribution is 6.32. The van der Waals surface area contributed by atoms with Gasteiger partial charge in [0, 0.05) is 5.69 Å². The van der Waals surface area contributed by atoms with Crippen LogP contribution in [0.25, 0.3) is 6.08 Å². The number of aryl methyl sites for hydroxylation is 1. The zero-order valence-electron chi connectivity index (χ0n) is 18.5. The summed E-state index contributed by atoms with van der Waals surface area (Å²) in [4.78, 5) is 23.7. The van der Waals surface area contributed by atoms with Crippen molar-refractivity contribution in [3.05, 3.63) is 93.5 Å². The molecule has 0 radical (unpaired) electrons. The first-order chi connectivity index (χ1) is 16.3. The van der Waals surface area contributed by atoms with E-state index in [1.807, 2.05) is 37.3 Å². The van der Waals surface area contributed by atoms with Gasteiger partial charge in [0.15, 0.2) is 11.5 Å². The SMILES string of the molecule is COc1cc(C=C(C#N)C(=O)Nc2cccc(C(=O)O)c2)cc(Cl)c1OCc1ccc(C)cc1. The Kier molecular flexibility index (Phi) is 7.91. The maximum atomic E-state index is 12.6. The van der Waals surface area contributed by atoms with Crippen molar-refractivity contribution in [2.45, 2.75) is 13.5 Å². The molecule has 8 heteroatoms. The second-order valence-corrected chi connectivity index (χ2v) is 7.73. The average molecular weight is 477 g/mol. The van der Waals surface area contributed by atoms with E-state index in [0.29, 0.717) is 17.1 Å². The number of anilines is 1. The Bertz CT molecular complexity index is 1290. The number of nitriles is 1. The third-order valence-electron chi connectivity index (χ3n) is 4.80. The molecule has 0 heterocycles. The molecule has 0 fully saturated rings. The van der Waals surface area contributed by atoms with Crippen LogP contribution in [0.2, 0.25) is 5.02 Å². The van der Waals surface area contributed by atoms with Crippen LogP contribution in [0, 0.1) is 18.3 Å². The minimum Gasteiger partial charge on any atom is -0.493 e. The van der Waals surface area contributed by atoms with Gasteiger partial charge in [-0.1, -0.05) is 47.5 Å². The summed E-state index contributed by atoms with van der Waals surface area (Å²) in [5.41, 5.74) is 2.62. The number of benzene rings is 3. The number of rotatable bonds is 8. The summed E-state index contributed by atoms with van der Waals surface area (Å²) in [6.07, 6.45) is 1.36. The summed E-state index contributed by atoms with van der Waals surface area (Å²) in [6.45, 7) is 2.28. The van der Waals surface area contributed by atoms with Gasteiger partial charge >= 0.3 is 5.97 Å². The number of carbonyl (C=O) groups is 2. The Morgan fingerprint density at radius 1 is 1.15 bits per heavy atom. The van der Waals surface area contributed by atoms with Crippen molar-refractivity contribution < 1.29 is 24.2 Å². The normalized spacial score (nSPS) is 10.8. The van der Waals surface area contributed by atoms with Crippen LogP contribution in [-0.2, 0) is 11.4 Å². The smallest absolute Gasteiger partial charge is 0.335 e. The quantitative estimate of drug-likeness (QED) is 0.329. The second-order valence-electron chi connectivity index (χ2n) is 7.32. The fourth-order valence-corrected chi connectivity index (χ4v) is 3.32. The number of halogens is 1. The number of carboxylic acid groups (broad SMARTS) is 1. The highest BCUT2D eigenvalue weighted by Crippen LogP contribution is 2.37. The molecule has 2 N–H and O–H groups in total. The lowest BCUT2D eigenvalue weighted by molar-refractivity contribution is -0.112. The molecule has 0 bridgehead atoms. The second kappa shape index (κ2) is 11.0. The molecule has 172 valence electrons. The third kappa shape index (κ3) is 6.15. The Morgan fingerprint density at radius 3 is 2.53 bits per heavy atom. The summed E-state index contributed by atoms with van der Waals surface area (Å²) >= 11 is 6.41. The Morgan fingerprint density at radius 2 is 1.88 bits per heavy atom. The monoisotopic (exact) mass is 476 g/mol. The van der Waals surface area contributed by atoms with Gasteiger partial charge in [0.25, 0.3) is 5.91 Å². The van der Waals surface area contributed by atoms with Crippen LogP contribution in [0.15, 0.2) is 66.2 Å². The van der Waals surface area contributed by atoms with Crippen LogP contribution < -0.4 is 14.8 Å². The first-order valence-electron chi connectivity index (χ1n) is 10.1. The van der Waals surface area contributed by atoms with Gasteiger partial charge < -0.3 is 19.9 Å². The van der Waals surface area contributed by atoms with E-state index >= 15 is 0 Å². The number of nitrogens with one attached hydrogen (secondary N) is 1. The predicted molar refractivity (Wildman–Crippen MR) is 129 cm³/mol. The van der Waals surface area contributed by atoms with Gasteiger partial charge in [-0.15, -0.1) is 0 Å².